The van der Waals surface area contributed by atoms with Gasteiger partial charge in [0.15, 0.2) is 0 Å². The van der Waals surface area contributed by atoms with E-state index >= 15 is 4.39 Å². The topological polar surface area (TPSA) is 137 Å². The number of carbonyl (C=O) groups is 3. The first-order valence-corrected chi connectivity index (χ1v) is 12.1. The van der Waals surface area contributed by atoms with E-state index in [1.54, 1.807) is 49.9 Å². The predicted octanol–water partition coefficient (Wildman–Crippen LogP) is 2.69. The van der Waals surface area contributed by atoms with Crippen LogP contribution in [0, 0.1) is 11.2 Å². The van der Waals surface area contributed by atoms with E-state index in [2.05, 4.69) is 15.6 Å². The largest absolute Gasteiger partial charge is 0.459 e. The average molecular weight is 529 g/mol. The number of halogens is 1. The summed E-state index contributed by atoms with van der Waals surface area (Å²) in [5.41, 5.74) is 0.622. The van der Waals surface area contributed by atoms with E-state index in [-0.39, 0.29) is 31.5 Å². The number of nitrogens with one attached hydrogen (secondary N) is 3. The van der Waals surface area contributed by atoms with Gasteiger partial charge in [-0.2, -0.15) is 0 Å². The fraction of sp³-hybridized carbons (Fsp3) is 0.423. The fourth-order valence-corrected chi connectivity index (χ4v) is 3.73. The fourth-order valence-electron chi connectivity index (χ4n) is 3.73. The number of rotatable bonds is 11. The molecular weight excluding hydrogens is 495 g/mol. The van der Waals surface area contributed by atoms with Crippen LogP contribution in [0.1, 0.15) is 27.7 Å². The molecule has 1 unspecified atom stereocenters. The molecule has 12 heteroatoms. The molecule has 1 saturated heterocycles. The zero-order valence-corrected chi connectivity index (χ0v) is 21.9. The Kier molecular flexibility index (Phi) is 9.35. The van der Waals surface area contributed by atoms with Crippen molar-refractivity contribution in [2.45, 2.75) is 39.4 Å². The van der Waals surface area contributed by atoms with Crippen LogP contribution in [0.2, 0.25) is 0 Å². The zero-order chi connectivity index (χ0) is 27.9. The van der Waals surface area contributed by atoms with E-state index < -0.39 is 23.6 Å². The second-order valence-electron chi connectivity index (χ2n) is 9.71. The highest BCUT2D eigenvalue weighted by Gasteiger charge is 2.32. The van der Waals surface area contributed by atoms with E-state index in [0.717, 1.165) is 6.34 Å². The lowest BCUT2D eigenvalue weighted by Crippen LogP contribution is -2.36. The summed E-state index contributed by atoms with van der Waals surface area (Å²) in [7, 11) is 0. The van der Waals surface area contributed by atoms with Crippen molar-refractivity contribution in [3.8, 4) is 11.1 Å². The third-order valence-electron chi connectivity index (χ3n) is 5.44. The summed E-state index contributed by atoms with van der Waals surface area (Å²) in [6.07, 6.45) is 1.51. The third-order valence-corrected chi connectivity index (χ3v) is 5.44. The van der Waals surface area contributed by atoms with Crippen molar-refractivity contribution in [1.82, 2.24) is 15.6 Å². The molecular formula is C26H33FN6O5. The van der Waals surface area contributed by atoms with E-state index in [1.165, 1.54) is 24.1 Å². The van der Waals surface area contributed by atoms with Crippen LogP contribution in [0.3, 0.4) is 0 Å². The summed E-state index contributed by atoms with van der Waals surface area (Å²) >= 11 is 0. The first-order chi connectivity index (χ1) is 18.0. The van der Waals surface area contributed by atoms with Gasteiger partial charge < -0.3 is 25.0 Å². The molecule has 1 fully saturated rings. The van der Waals surface area contributed by atoms with Crippen LogP contribution >= 0.6 is 0 Å². The van der Waals surface area contributed by atoms with Gasteiger partial charge in [-0.05, 0) is 51.1 Å². The zero-order valence-electron chi connectivity index (χ0n) is 21.9. The number of aromatic nitrogens is 1. The minimum atomic E-state index is -0.606. The smallest absolute Gasteiger partial charge is 0.414 e. The number of anilines is 2. The van der Waals surface area contributed by atoms with Crippen molar-refractivity contribution >= 4 is 35.8 Å². The molecule has 1 aliphatic rings. The molecule has 1 aromatic carbocycles. The number of cyclic esters (lactones) is 1. The van der Waals surface area contributed by atoms with Crippen LogP contribution in [0.25, 0.3) is 11.1 Å². The van der Waals surface area contributed by atoms with E-state index in [4.69, 9.17) is 14.9 Å². The van der Waals surface area contributed by atoms with Crippen LogP contribution in [-0.4, -0.2) is 73.7 Å². The molecule has 2 heterocycles. The Balaban J connectivity index is 1.59. The molecule has 1 atom stereocenters. The number of pyridine rings is 1. The van der Waals surface area contributed by atoms with E-state index in [0.29, 0.717) is 35.7 Å². The molecule has 0 spiro atoms. The Bertz CT molecular complexity index is 1170. The van der Waals surface area contributed by atoms with Gasteiger partial charge in [-0.1, -0.05) is 0 Å². The average Bonchev–Trinajstić information content (AvgIpc) is 3.22. The lowest BCUT2D eigenvalue weighted by molar-refractivity contribution is -0.153. The summed E-state index contributed by atoms with van der Waals surface area (Å²) in [5, 5.41) is 13.3. The van der Waals surface area contributed by atoms with Crippen molar-refractivity contribution in [1.29, 1.82) is 5.41 Å². The third kappa shape index (κ3) is 7.97. The minimum absolute atomic E-state index is 0.0514. The summed E-state index contributed by atoms with van der Waals surface area (Å²) in [6, 6.07) is 7.80. The second kappa shape index (κ2) is 12.5. The Morgan fingerprint density at radius 2 is 2.08 bits per heavy atom. The lowest BCUT2D eigenvalue weighted by Gasteiger charge is -2.21. The molecule has 3 N–H and O–H groups in total. The highest BCUT2D eigenvalue weighted by atomic mass is 19.1. The summed E-state index contributed by atoms with van der Waals surface area (Å²) < 4.78 is 25.5. The molecule has 38 heavy (non-hydrogen) atoms. The number of ether oxygens (including phenoxy) is 2. The van der Waals surface area contributed by atoms with Crippen molar-refractivity contribution in [3.05, 3.63) is 42.3 Å². The first kappa shape index (κ1) is 28.5. The van der Waals surface area contributed by atoms with E-state index in [9.17, 15) is 14.4 Å². The number of amides is 2. The molecule has 11 nitrogen and oxygen atoms in total. The van der Waals surface area contributed by atoms with Crippen LogP contribution in [0.5, 0.6) is 0 Å². The molecule has 0 aliphatic carbocycles. The van der Waals surface area contributed by atoms with Gasteiger partial charge in [0.25, 0.3) is 0 Å². The number of esters is 1. The SMILES string of the molecule is CC(=O)NCC1CN(c2ccc(-c3ccc(N(C=N)CCNCC(=O)OC(C)(C)C)nc3)c(F)c2)C(=O)O1. The molecule has 1 aromatic heterocycles. The van der Waals surface area contributed by atoms with Crippen molar-refractivity contribution in [2.24, 2.45) is 0 Å². The maximum absolute atomic E-state index is 15.0. The van der Waals surface area contributed by atoms with Gasteiger partial charge >= 0.3 is 12.1 Å². The quantitative estimate of drug-likeness (QED) is 0.175. The number of nitrogens with zero attached hydrogens (tertiary/aromatic N) is 3. The van der Waals surface area contributed by atoms with Crippen LogP contribution < -0.4 is 20.4 Å². The van der Waals surface area contributed by atoms with Crippen LogP contribution in [-0.2, 0) is 19.1 Å². The molecule has 2 amide bonds. The number of hydrogen-bond acceptors (Lipinski definition) is 8. The van der Waals surface area contributed by atoms with Gasteiger partial charge in [0.1, 0.15) is 23.3 Å². The normalized spacial score (nSPS) is 15.1. The standard InChI is InChI=1S/C26H33FN6O5/c1-17(34)30-13-20-15-33(25(36)37-20)19-6-7-21(22(27)11-19)18-5-8-23(31-12-18)32(16-28)10-9-29-14-24(35)38-26(2,3)4/h5-8,11-12,16,20,28-29H,9-10,13-15H2,1-4H3,(H,30,34). The minimum Gasteiger partial charge on any atom is -0.459 e. The highest BCUT2D eigenvalue weighted by Crippen LogP contribution is 2.29. The summed E-state index contributed by atoms with van der Waals surface area (Å²) in [5.74, 6) is -0.635. The Labute approximate surface area is 220 Å². The highest BCUT2D eigenvalue weighted by molar-refractivity contribution is 5.90. The predicted molar refractivity (Wildman–Crippen MR) is 141 cm³/mol. The maximum Gasteiger partial charge on any atom is 0.414 e. The van der Waals surface area contributed by atoms with Crippen molar-refractivity contribution < 1.29 is 28.2 Å². The Morgan fingerprint density at radius 3 is 2.68 bits per heavy atom. The van der Waals surface area contributed by atoms with Crippen molar-refractivity contribution in [2.75, 3.05) is 42.5 Å². The maximum atomic E-state index is 15.0. The van der Waals surface area contributed by atoms with Gasteiger partial charge in [0, 0.05) is 37.3 Å². The lowest BCUT2D eigenvalue weighted by atomic mass is 10.1. The van der Waals surface area contributed by atoms with Crippen LogP contribution in [0.15, 0.2) is 36.5 Å². The molecule has 0 bridgehead atoms. The molecule has 204 valence electrons. The van der Waals surface area contributed by atoms with Gasteiger partial charge in [0.05, 0.1) is 31.7 Å². The molecule has 1 aliphatic heterocycles. The van der Waals surface area contributed by atoms with Gasteiger partial charge in [-0.15, -0.1) is 0 Å². The Morgan fingerprint density at radius 1 is 1.32 bits per heavy atom. The monoisotopic (exact) mass is 528 g/mol. The first-order valence-electron chi connectivity index (χ1n) is 12.1. The summed E-state index contributed by atoms with van der Waals surface area (Å²) in [4.78, 5) is 42.4. The van der Waals surface area contributed by atoms with Crippen molar-refractivity contribution in [3.63, 3.8) is 0 Å². The second-order valence-corrected chi connectivity index (χ2v) is 9.71. The van der Waals surface area contributed by atoms with Crippen LogP contribution in [0.4, 0.5) is 20.7 Å². The number of benzene rings is 1. The summed E-state index contributed by atoms with van der Waals surface area (Å²) in [6.45, 7) is 8.00. The van der Waals surface area contributed by atoms with Gasteiger partial charge in [-0.25, -0.2) is 14.2 Å². The van der Waals surface area contributed by atoms with Gasteiger partial charge in [0.2, 0.25) is 5.91 Å². The number of carbonyl (C=O) groups excluding carboxylic acids is 3. The van der Waals surface area contributed by atoms with E-state index in [1.807, 2.05) is 0 Å². The molecule has 0 saturated carbocycles. The Hall–Kier alpha value is -4.06. The number of hydrogen-bond donors (Lipinski definition) is 3. The van der Waals surface area contributed by atoms with Gasteiger partial charge in [-0.3, -0.25) is 19.9 Å². The molecule has 0 radical (unpaired) electrons. The molecule has 2 aromatic rings. The molecule has 3 rings (SSSR count).